The minimum atomic E-state index is -0.281. The Labute approximate surface area is 182 Å². The van der Waals surface area contributed by atoms with Crippen LogP contribution in [0.4, 0.5) is 10.2 Å². The highest BCUT2D eigenvalue weighted by Gasteiger charge is 2.14. The van der Waals surface area contributed by atoms with Crippen LogP contribution in [0.1, 0.15) is 5.69 Å². The van der Waals surface area contributed by atoms with Crippen LogP contribution in [0.5, 0.6) is 5.75 Å². The molecule has 0 fully saturated rings. The van der Waals surface area contributed by atoms with Crippen LogP contribution < -0.4 is 15.7 Å². The van der Waals surface area contributed by atoms with Crippen molar-refractivity contribution in [2.45, 2.75) is 13.5 Å². The van der Waals surface area contributed by atoms with Crippen LogP contribution in [-0.4, -0.2) is 38.2 Å². The smallest absolute Gasteiger partial charge is 0.323 e. The highest BCUT2D eigenvalue weighted by molar-refractivity contribution is 5.88. The van der Waals surface area contributed by atoms with Gasteiger partial charge in [-0.2, -0.15) is 0 Å². The molecule has 2 aromatic carbocycles. The van der Waals surface area contributed by atoms with Gasteiger partial charge in [0.15, 0.2) is 0 Å². The second-order valence-electron chi connectivity index (χ2n) is 7.50. The van der Waals surface area contributed by atoms with E-state index in [1.54, 1.807) is 13.2 Å². The maximum Gasteiger partial charge on any atom is 0.323 e. The first-order chi connectivity index (χ1) is 15.5. The zero-order valence-electron chi connectivity index (χ0n) is 17.6. The van der Waals surface area contributed by atoms with E-state index in [2.05, 4.69) is 25.3 Å². The summed E-state index contributed by atoms with van der Waals surface area (Å²) in [5, 5.41) is 4.04. The summed E-state index contributed by atoms with van der Waals surface area (Å²) < 4.78 is 21.8. The quantitative estimate of drug-likeness (QED) is 0.379. The number of nitrogens with zero attached hydrogens (tertiary/aromatic N) is 3. The van der Waals surface area contributed by atoms with Gasteiger partial charge in [0.05, 0.1) is 29.4 Å². The molecular weight excluding hydrogens is 411 g/mol. The fourth-order valence-corrected chi connectivity index (χ4v) is 4.01. The van der Waals surface area contributed by atoms with E-state index in [1.807, 2.05) is 41.8 Å². The van der Waals surface area contributed by atoms with Crippen LogP contribution in [0.3, 0.4) is 0 Å². The molecule has 5 aromatic rings. The van der Waals surface area contributed by atoms with Crippen molar-refractivity contribution in [1.29, 1.82) is 0 Å². The molecule has 0 spiro atoms. The van der Waals surface area contributed by atoms with Gasteiger partial charge in [-0.05, 0) is 37.3 Å². The molecular formula is C23H21FN6O2. The van der Waals surface area contributed by atoms with E-state index < -0.39 is 0 Å². The number of halogens is 1. The van der Waals surface area contributed by atoms with Gasteiger partial charge >= 0.3 is 5.69 Å². The molecule has 3 N–H and O–H groups in total. The lowest BCUT2D eigenvalue weighted by Gasteiger charge is -2.11. The lowest BCUT2D eigenvalue weighted by atomic mass is 10.1. The minimum Gasteiger partial charge on any atom is -0.496 e. The maximum atomic E-state index is 14.5. The molecule has 0 bridgehead atoms. The van der Waals surface area contributed by atoms with Crippen molar-refractivity contribution in [3.8, 4) is 17.0 Å². The number of aromatic amines is 2. The summed E-state index contributed by atoms with van der Waals surface area (Å²) in [5.74, 6) is 1.03. The predicted molar refractivity (Wildman–Crippen MR) is 122 cm³/mol. The Bertz CT molecular complexity index is 1500. The normalized spacial score (nSPS) is 11.3. The molecule has 3 heterocycles. The summed E-state index contributed by atoms with van der Waals surface area (Å²) in [7, 11) is 1.58. The first-order valence-corrected chi connectivity index (χ1v) is 10.1. The van der Waals surface area contributed by atoms with Gasteiger partial charge in [0, 0.05) is 35.8 Å². The monoisotopic (exact) mass is 432 g/mol. The molecule has 32 heavy (non-hydrogen) atoms. The number of ether oxygens (including phenoxy) is 1. The third-order valence-electron chi connectivity index (χ3n) is 5.52. The van der Waals surface area contributed by atoms with E-state index in [9.17, 15) is 9.18 Å². The summed E-state index contributed by atoms with van der Waals surface area (Å²) in [4.78, 5) is 25.6. The molecule has 8 nitrogen and oxygen atoms in total. The third kappa shape index (κ3) is 3.47. The number of nitrogens with one attached hydrogen (secondary N) is 3. The molecule has 0 aliphatic carbocycles. The molecule has 9 heteroatoms. The van der Waals surface area contributed by atoms with Crippen molar-refractivity contribution < 1.29 is 9.13 Å². The average molecular weight is 432 g/mol. The van der Waals surface area contributed by atoms with Gasteiger partial charge in [-0.3, -0.25) is 0 Å². The number of hydrogen-bond donors (Lipinski definition) is 3. The van der Waals surface area contributed by atoms with Gasteiger partial charge in [0.25, 0.3) is 0 Å². The second-order valence-corrected chi connectivity index (χ2v) is 7.50. The van der Waals surface area contributed by atoms with Crippen molar-refractivity contribution in [1.82, 2.24) is 24.5 Å². The number of imidazole rings is 1. The predicted octanol–water partition coefficient (Wildman–Crippen LogP) is 3.84. The number of anilines is 1. The van der Waals surface area contributed by atoms with Gasteiger partial charge in [0.1, 0.15) is 23.7 Å². The Hall–Kier alpha value is -4.14. The number of fused-ring (bicyclic) bond motifs is 2. The SMILES string of the molecule is COc1ccc(F)c2c1cc(C)n2CCNc1cc(-c2ccc3[nH]c(=O)[nH]c3c2)ncn1. The number of aromatic nitrogens is 5. The highest BCUT2D eigenvalue weighted by Crippen LogP contribution is 2.31. The van der Waals surface area contributed by atoms with Gasteiger partial charge in [-0.15, -0.1) is 0 Å². The van der Waals surface area contributed by atoms with Crippen LogP contribution in [0.15, 0.2) is 53.6 Å². The van der Waals surface area contributed by atoms with Crippen molar-refractivity contribution in [3.05, 3.63) is 70.8 Å². The molecule has 5 rings (SSSR count). The first kappa shape index (κ1) is 19.8. The lowest BCUT2D eigenvalue weighted by molar-refractivity contribution is 0.419. The number of rotatable bonds is 6. The Morgan fingerprint density at radius 2 is 1.94 bits per heavy atom. The molecule has 162 valence electrons. The van der Waals surface area contributed by atoms with Crippen LogP contribution in [-0.2, 0) is 6.54 Å². The second kappa shape index (κ2) is 7.84. The average Bonchev–Trinajstić information content (AvgIpc) is 3.33. The number of hydrogen-bond acceptors (Lipinski definition) is 5. The molecule has 0 saturated carbocycles. The van der Waals surface area contributed by atoms with Gasteiger partial charge in [-0.25, -0.2) is 19.2 Å². The van der Waals surface area contributed by atoms with E-state index >= 15 is 0 Å². The van der Waals surface area contributed by atoms with E-state index in [0.29, 0.717) is 35.7 Å². The minimum absolute atomic E-state index is 0.246. The molecule has 0 atom stereocenters. The zero-order chi connectivity index (χ0) is 22.2. The largest absolute Gasteiger partial charge is 0.496 e. The topological polar surface area (TPSA) is 101 Å². The Morgan fingerprint density at radius 3 is 2.78 bits per heavy atom. The molecule has 0 amide bonds. The van der Waals surface area contributed by atoms with Crippen molar-refractivity contribution in [3.63, 3.8) is 0 Å². The Morgan fingerprint density at radius 1 is 1.09 bits per heavy atom. The van der Waals surface area contributed by atoms with Crippen molar-refractivity contribution in [2.75, 3.05) is 19.0 Å². The standard InChI is InChI=1S/C23H21FN6O2/c1-13-9-15-20(32-2)6-4-16(24)22(15)30(13)8-7-25-21-11-18(26-12-27-21)14-3-5-17-19(10-14)29-23(31)28-17/h3-6,9-12H,7-8H2,1-2H3,(H,25,26,27)(H2,28,29,31). The van der Waals surface area contributed by atoms with E-state index in [1.165, 1.54) is 12.4 Å². The molecule has 3 aromatic heterocycles. The zero-order valence-corrected chi connectivity index (χ0v) is 17.6. The van der Waals surface area contributed by atoms with Gasteiger partial charge in [-0.1, -0.05) is 6.07 Å². The van der Waals surface area contributed by atoms with E-state index in [-0.39, 0.29) is 11.5 Å². The van der Waals surface area contributed by atoms with Crippen LogP contribution >= 0.6 is 0 Å². The third-order valence-corrected chi connectivity index (χ3v) is 5.52. The van der Waals surface area contributed by atoms with Crippen LogP contribution in [0, 0.1) is 12.7 Å². The summed E-state index contributed by atoms with van der Waals surface area (Å²) in [6.45, 7) is 3.04. The first-order valence-electron chi connectivity index (χ1n) is 10.1. The molecule has 0 aliphatic heterocycles. The number of H-pyrrole nitrogens is 2. The molecule has 0 aliphatic rings. The van der Waals surface area contributed by atoms with Crippen LogP contribution in [0.25, 0.3) is 33.2 Å². The Kier molecular flexibility index (Phi) is 4.85. The molecule has 0 radical (unpaired) electrons. The van der Waals surface area contributed by atoms with E-state index in [0.717, 1.165) is 27.9 Å². The molecule has 0 saturated heterocycles. The van der Waals surface area contributed by atoms with E-state index in [4.69, 9.17) is 4.74 Å². The van der Waals surface area contributed by atoms with Gasteiger partial charge in [0.2, 0.25) is 0 Å². The summed E-state index contributed by atoms with van der Waals surface area (Å²) in [6.07, 6.45) is 1.49. The summed E-state index contributed by atoms with van der Waals surface area (Å²) >= 11 is 0. The lowest BCUT2D eigenvalue weighted by Crippen LogP contribution is -2.13. The van der Waals surface area contributed by atoms with Crippen molar-refractivity contribution in [2.24, 2.45) is 0 Å². The van der Waals surface area contributed by atoms with Crippen molar-refractivity contribution >= 4 is 27.8 Å². The Balaban J connectivity index is 1.36. The summed E-state index contributed by atoms with van der Waals surface area (Å²) in [6, 6.07) is 12.4. The molecule has 0 unspecified atom stereocenters. The number of aryl methyl sites for hydroxylation is 1. The maximum absolute atomic E-state index is 14.5. The van der Waals surface area contributed by atoms with Crippen LogP contribution in [0.2, 0.25) is 0 Å². The highest BCUT2D eigenvalue weighted by atomic mass is 19.1. The number of methoxy groups -OCH3 is 1. The fraction of sp³-hybridized carbons (Fsp3) is 0.174. The summed E-state index contributed by atoms with van der Waals surface area (Å²) in [5.41, 5.74) is 4.27. The fourth-order valence-electron chi connectivity index (χ4n) is 4.01. The number of benzene rings is 2. The van der Waals surface area contributed by atoms with Gasteiger partial charge < -0.3 is 24.6 Å².